The molecule has 0 bridgehead atoms. The van der Waals surface area contributed by atoms with E-state index in [1.807, 2.05) is 6.07 Å². The van der Waals surface area contributed by atoms with Crippen LogP contribution in [-0.2, 0) is 14.8 Å². The van der Waals surface area contributed by atoms with Crippen molar-refractivity contribution < 1.29 is 17.9 Å². The lowest BCUT2D eigenvalue weighted by Gasteiger charge is -2.17. The van der Waals surface area contributed by atoms with E-state index in [9.17, 15) is 13.2 Å². The number of nitrogens with zero attached hydrogens (tertiary/aromatic N) is 3. The smallest absolute Gasteiger partial charge is 0.293 e. The minimum atomic E-state index is -3.88. The number of carbonyl (C=O) groups excluding carboxylic acids is 1. The van der Waals surface area contributed by atoms with E-state index in [0.717, 1.165) is 15.6 Å². The summed E-state index contributed by atoms with van der Waals surface area (Å²) in [5, 5.41) is 10.1. The molecule has 0 unspecified atom stereocenters. The molecule has 1 amide bonds. The second-order valence-electron chi connectivity index (χ2n) is 5.74. The van der Waals surface area contributed by atoms with Crippen molar-refractivity contribution >= 4 is 38.1 Å². The third-order valence-corrected chi connectivity index (χ3v) is 6.73. The largest absolute Gasteiger partial charge is 0.481 e. The molecule has 0 fully saturated rings. The molecule has 3 rings (SSSR count). The summed E-state index contributed by atoms with van der Waals surface area (Å²) in [6.45, 7) is 1.59. The van der Waals surface area contributed by atoms with Crippen LogP contribution in [0.3, 0.4) is 0 Å². The van der Waals surface area contributed by atoms with Crippen molar-refractivity contribution in [2.45, 2.75) is 17.4 Å². The molecule has 0 aliphatic rings. The van der Waals surface area contributed by atoms with Gasteiger partial charge in [-0.3, -0.25) is 14.4 Å². The molecule has 3 aromatic rings. The first-order valence-electron chi connectivity index (χ1n) is 8.28. The lowest BCUT2D eigenvalue weighted by Crippen LogP contribution is -2.30. The lowest BCUT2D eigenvalue weighted by molar-refractivity contribution is -0.122. The van der Waals surface area contributed by atoms with E-state index >= 15 is 0 Å². The zero-order valence-corrected chi connectivity index (χ0v) is 16.8. The predicted molar refractivity (Wildman–Crippen MR) is 107 cm³/mol. The second-order valence-corrected chi connectivity index (χ2v) is 8.86. The van der Waals surface area contributed by atoms with Gasteiger partial charge in [-0.05, 0) is 31.2 Å². The van der Waals surface area contributed by atoms with Gasteiger partial charge in [0.1, 0.15) is 5.75 Å². The van der Waals surface area contributed by atoms with E-state index in [-0.39, 0.29) is 9.47 Å². The standard InChI is InChI=1S/C18H18N4O4S2/c1-13(26-15-11-7-4-8-12-15)16(23)19-17-20-21-18(27-17)28(24,25)22(2)14-9-5-3-6-10-14/h3-13H,1-2H3,(H,19,20,23)/t13-/m1/s1. The fourth-order valence-corrected chi connectivity index (χ4v) is 4.47. The van der Waals surface area contributed by atoms with Crippen molar-refractivity contribution in [3.05, 3.63) is 60.7 Å². The van der Waals surface area contributed by atoms with Crippen LogP contribution in [0.25, 0.3) is 0 Å². The molecule has 1 atom stereocenters. The van der Waals surface area contributed by atoms with Crippen LogP contribution >= 0.6 is 11.3 Å². The second kappa shape index (κ2) is 8.36. The Bertz CT molecular complexity index is 1040. The minimum Gasteiger partial charge on any atom is -0.481 e. The zero-order valence-electron chi connectivity index (χ0n) is 15.1. The highest BCUT2D eigenvalue weighted by Gasteiger charge is 2.27. The van der Waals surface area contributed by atoms with Crippen LogP contribution in [-0.4, -0.2) is 37.7 Å². The number of carbonyl (C=O) groups is 1. The van der Waals surface area contributed by atoms with Gasteiger partial charge >= 0.3 is 0 Å². The van der Waals surface area contributed by atoms with E-state index < -0.39 is 22.0 Å². The van der Waals surface area contributed by atoms with Gasteiger partial charge in [-0.2, -0.15) is 8.42 Å². The molecule has 0 aliphatic carbocycles. The van der Waals surface area contributed by atoms with Gasteiger partial charge in [0.05, 0.1) is 5.69 Å². The first kappa shape index (κ1) is 19.8. The average molecular weight is 419 g/mol. The van der Waals surface area contributed by atoms with Gasteiger partial charge in [-0.1, -0.05) is 47.7 Å². The monoisotopic (exact) mass is 418 g/mol. The number of hydrogen-bond acceptors (Lipinski definition) is 7. The number of benzene rings is 2. The molecule has 0 saturated carbocycles. The molecule has 1 aromatic heterocycles. The van der Waals surface area contributed by atoms with Crippen LogP contribution < -0.4 is 14.4 Å². The van der Waals surface area contributed by atoms with E-state index in [0.29, 0.717) is 11.4 Å². The molecule has 8 nitrogen and oxygen atoms in total. The normalized spacial score (nSPS) is 12.2. The van der Waals surface area contributed by atoms with Crippen molar-refractivity contribution in [3.8, 4) is 5.75 Å². The highest BCUT2D eigenvalue weighted by atomic mass is 32.2. The fourth-order valence-electron chi connectivity index (χ4n) is 2.22. The van der Waals surface area contributed by atoms with Gasteiger partial charge in [-0.25, -0.2) is 0 Å². The number of hydrogen-bond donors (Lipinski definition) is 1. The van der Waals surface area contributed by atoms with Gasteiger partial charge in [0.2, 0.25) is 5.13 Å². The Labute approximate surface area is 166 Å². The van der Waals surface area contributed by atoms with Crippen molar-refractivity contribution in [1.82, 2.24) is 10.2 Å². The molecular formula is C18H18N4O4S2. The molecular weight excluding hydrogens is 400 g/mol. The summed E-state index contributed by atoms with van der Waals surface area (Å²) in [5.41, 5.74) is 0.494. The highest BCUT2D eigenvalue weighted by Crippen LogP contribution is 2.26. The third-order valence-electron chi connectivity index (χ3n) is 3.76. The van der Waals surface area contributed by atoms with Crippen LogP contribution in [0.15, 0.2) is 65.0 Å². The first-order chi connectivity index (χ1) is 13.4. The molecule has 1 N–H and O–H groups in total. The summed E-state index contributed by atoms with van der Waals surface area (Å²) >= 11 is 0.776. The van der Waals surface area contributed by atoms with Crippen molar-refractivity contribution in [2.24, 2.45) is 0 Å². The van der Waals surface area contributed by atoms with Gasteiger partial charge in [0, 0.05) is 7.05 Å². The van der Waals surface area contributed by atoms with Crippen LogP contribution in [0.4, 0.5) is 10.8 Å². The number of amides is 1. The Kier molecular flexibility index (Phi) is 5.90. The van der Waals surface area contributed by atoms with E-state index in [4.69, 9.17) is 4.74 Å². The zero-order chi connectivity index (χ0) is 20.1. The van der Waals surface area contributed by atoms with Gasteiger partial charge in [0.15, 0.2) is 6.10 Å². The maximum atomic E-state index is 12.7. The number of ether oxygens (including phenoxy) is 1. The minimum absolute atomic E-state index is 0.0774. The number of nitrogens with one attached hydrogen (secondary N) is 1. The van der Waals surface area contributed by atoms with Gasteiger partial charge < -0.3 is 4.74 Å². The van der Waals surface area contributed by atoms with Gasteiger partial charge in [-0.15, -0.1) is 10.2 Å². The molecule has 10 heteroatoms. The van der Waals surface area contributed by atoms with Crippen LogP contribution in [0.5, 0.6) is 5.75 Å². The SMILES string of the molecule is C[C@@H](Oc1ccccc1)C(=O)Nc1nnc(S(=O)(=O)N(C)c2ccccc2)s1. The summed E-state index contributed by atoms with van der Waals surface area (Å²) in [5.74, 6) is 0.0931. The summed E-state index contributed by atoms with van der Waals surface area (Å²) in [4.78, 5) is 12.3. The van der Waals surface area contributed by atoms with E-state index in [2.05, 4.69) is 15.5 Å². The maximum Gasteiger partial charge on any atom is 0.293 e. The molecule has 28 heavy (non-hydrogen) atoms. The molecule has 0 aliphatic heterocycles. The fraction of sp³-hybridized carbons (Fsp3) is 0.167. The number of sulfonamides is 1. The van der Waals surface area contributed by atoms with Crippen molar-refractivity contribution in [1.29, 1.82) is 0 Å². The Morgan fingerprint density at radius 2 is 1.68 bits per heavy atom. The first-order valence-corrected chi connectivity index (χ1v) is 10.5. The maximum absolute atomic E-state index is 12.7. The van der Waals surface area contributed by atoms with E-state index in [1.54, 1.807) is 61.5 Å². The topological polar surface area (TPSA) is 101 Å². The van der Waals surface area contributed by atoms with Crippen LogP contribution in [0, 0.1) is 0 Å². The molecule has 0 radical (unpaired) electrons. The lowest BCUT2D eigenvalue weighted by atomic mass is 10.3. The molecule has 0 spiro atoms. The Morgan fingerprint density at radius 1 is 1.07 bits per heavy atom. The summed E-state index contributed by atoms with van der Waals surface area (Å²) in [6, 6.07) is 17.5. The average Bonchev–Trinajstić information content (AvgIpc) is 3.18. The number of anilines is 2. The van der Waals surface area contributed by atoms with Gasteiger partial charge in [0.25, 0.3) is 20.3 Å². The summed E-state index contributed by atoms with van der Waals surface area (Å²) in [7, 11) is -2.45. The highest BCUT2D eigenvalue weighted by molar-refractivity contribution is 7.94. The number of para-hydroxylation sites is 2. The third kappa shape index (κ3) is 4.46. The Hall–Kier alpha value is -2.98. The summed E-state index contributed by atoms with van der Waals surface area (Å²) < 4.78 is 31.8. The van der Waals surface area contributed by atoms with E-state index in [1.165, 1.54) is 7.05 Å². The Balaban J connectivity index is 1.68. The molecule has 0 saturated heterocycles. The number of aromatic nitrogens is 2. The summed E-state index contributed by atoms with van der Waals surface area (Å²) in [6.07, 6.45) is -0.793. The predicted octanol–water partition coefficient (Wildman–Crippen LogP) is 2.77. The molecule has 1 heterocycles. The Morgan fingerprint density at radius 3 is 2.32 bits per heavy atom. The van der Waals surface area contributed by atoms with Crippen molar-refractivity contribution in [3.63, 3.8) is 0 Å². The van der Waals surface area contributed by atoms with Crippen molar-refractivity contribution in [2.75, 3.05) is 16.7 Å². The molecule has 146 valence electrons. The quantitative estimate of drug-likeness (QED) is 0.592. The van der Waals surface area contributed by atoms with Crippen LogP contribution in [0.2, 0.25) is 0 Å². The number of rotatable bonds is 7. The van der Waals surface area contributed by atoms with Crippen LogP contribution in [0.1, 0.15) is 6.92 Å². The molecule has 2 aromatic carbocycles.